The fraction of sp³-hybridized carbons (Fsp3) is 0.250. The van der Waals surface area contributed by atoms with Gasteiger partial charge in [-0.1, -0.05) is 104 Å². The van der Waals surface area contributed by atoms with Crippen LogP contribution in [0, 0.1) is 0 Å². The lowest BCUT2D eigenvalue weighted by molar-refractivity contribution is 0.401. The maximum Gasteiger partial charge on any atom is 0.247 e. The fourth-order valence-electron chi connectivity index (χ4n) is 4.65. The van der Waals surface area contributed by atoms with Gasteiger partial charge in [0, 0.05) is 24.8 Å². The summed E-state index contributed by atoms with van der Waals surface area (Å²) in [5, 5.41) is 4.84. The van der Waals surface area contributed by atoms with Gasteiger partial charge in [0.05, 0.1) is 6.04 Å². The predicted octanol–water partition coefficient (Wildman–Crippen LogP) is 6.06. The Morgan fingerprint density at radius 2 is 1.26 bits per heavy atom. The van der Waals surface area contributed by atoms with Crippen molar-refractivity contribution in [2.75, 3.05) is 0 Å². The van der Waals surface area contributed by atoms with Gasteiger partial charge in [0.15, 0.2) is 0 Å². The lowest BCUT2D eigenvalue weighted by Gasteiger charge is -2.22. The van der Waals surface area contributed by atoms with Gasteiger partial charge < -0.3 is 0 Å². The summed E-state index contributed by atoms with van der Waals surface area (Å²) >= 11 is 0. The van der Waals surface area contributed by atoms with Crippen LogP contribution in [0.2, 0.25) is 0 Å². The molecule has 3 aromatic carbocycles. The Bertz CT molecular complexity index is 1270. The lowest BCUT2D eigenvalue weighted by atomic mass is 10.2. The highest BCUT2D eigenvalue weighted by Crippen LogP contribution is 2.35. The van der Waals surface area contributed by atoms with Crippen molar-refractivity contribution in [1.29, 1.82) is 0 Å². The van der Waals surface area contributed by atoms with Gasteiger partial charge in [-0.05, 0) is 24.0 Å². The predicted molar refractivity (Wildman–Crippen MR) is 134 cm³/mol. The molecule has 0 unspecified atom stereocenters. The first kappa shape index (κ1) is 22.6. The molecule has 1 aromatic heterocycles. The number of hydrogen-bond donors (Lipinski definition) is 0. The quantitative estimate of drug-likeness (QED) is 0.314. The molecule has 1 saturated carbocycles. The minimum absolute atomic E-state index is 0.253. The van der Waals surface area contributed by atoms with E-state index in [0.29, 0.717) is 18.8 Å². The minimum atomic E-state index is -3.83. The second kappa shape index (κ2) is 9.95. The highest BCUT2D eigenvalue weighted by molar-refractivity contribution is 7.89. The van der Waals surface area contributed by atoms with E-state index in [1.54, 1.807) is 10.5 Å². The van der Waals surface area contributed by atoms with Crippen LogP contribution in [-0.4, -0.2) is 22.5 Å². The standard InChI is InChI=1S/C28H29N3O2S/c32-34(33,30(20-23-12-4-1-5-13-23)21-24-14-6-2-7-15-24)27-22-31(26-18-10-11-19-26)29-28(27)25-16-8-3-9-17-25/h1-9,12-17,22,26H,10-11,18-21H2. The van der Waals surface area contributed by atoms with Crippen LogP contribution < -0.4 is 0 Å². The number of nitrogens with zero attached hydrogens (tertiary/aromatic N) is 3. The first-order valence-electron chi connectivity index (χ1n) is 11.8. The van der Waals surface area contributed by atoms with E-state index in [-0.39, 0.29) is 10.9 Å². The summed E-state index contributed by atoms with van der Waals surface area (Å²) in [4.78, 5) is 0.275. The molecule has 0 atom stereocenters. The van der Waals surface area contributed by atoms with Crippen molar-refractivity contribution >= 4 is 10.0 Å². The number of aromatic nitrogens is 2. The zero-order valence-electron chi connectivity index (χ0n) is 19.1. The van der Waals surface area contributed by atoms with Gasteiger partial charge in [-0.15, -0.1) is 0 Å². The van der Waals surface area contributed by atoms with Crippen LogP contribution in [-0.2, 0) is 23.1 Å². The molecule has 1 heterocycles. The normalized spacial score (nSPS) is 14.6. The van der Waals surface area contributed by atoms with Crippen LogP contribution in [0.15, 0.2) is 102 Å². The van der Waals surface area contributed by atoms with Gasteiger partial charge in [-0.25, -0.2) is 8.42 Å². The molecule has 174 valence electrons. The summed E-state index contributed by atoms with van der Waals surface area (Å²) in [6.07, 6.45) is 6.14. The topological polar surface area (TPSA) is 55.2 Å². The molecule has 0 spiro atoms. The van der Waals surface area contributed by atoms with Gasteiger partial charge >= 0.3 is 0 Å². The lowest BCUT2D eigenvalue weighted by Crippen LogP contribution is -2.30. The third kappa shape index (κ3) is 4.83. The van der Waals surface area contributed by atoms with Crippen molar-refractivity contribution in [2.24, 2.45) is 0 Å². The molecule has 0 saturated heterocycles. The third-order valence-corrected chi connectivity index (χ3v) is 8.26. The maximum absolute atomic E-state index is 14.2. The summed E-state index contributed by atoms with van der Waals surface area (Å²) < 4.78 is 31.9. The van der Waals surface area contributed by atoms with Crippen molar-refractivity contribution in [2.45, 2.75) is 49.7 Å². The van der Waals surface area contributed by atoms with E-state index in [2.05, 4.69) is 0 Å². The second-order valence-electron chi connectivity index (χ2n) is 8.87. The minimum Gasteiger partial charge on any atom is -0.268 e. The summed E-state index contributed by atoms with van der Waals surface area (Å²) in [6.45, 7) is 0.585. The van der Waals surface area contributed by atoms with E-state index in [0.717, 1.165) is 42.4 Å². The molecule has 0 bridgehead atoms. The molecule has 1 aliphatic carbocycles. The van der Waals surface area contributed by atoms with Gasteiger partial charge in [0.25, 0.3) is 0 Å². The molecular weight excluding hydrogens is 442 g/mol. The average molecular weight is 472 g/mol. The van der Waals surface area contributed by atoms with Gasteiger partial charge in [0.2, 0.25) is 10.0 Å². The molecule has 1 fully saturated rings. The highest BCUT2D eigenvalue weighted by atomic mass is 32.2. The largest absolute Gasteiger partial charge is 0.268 e. The molecule has 5 nitrogen and oxygen atoms in total. The number of hydrogen-bond acceptors (Lipinski definition) is 3. The smallest absolute Gasteiger partial charge is 0.247 e. The molecule has 0 aliphatic heterocycles. The van der Waals surface area contributed by atoms with Gasteiger partial charge in [-0.2, -0.15) is 9.40 Å². The molecule has 6 heteroatoms. The highest BCUT2D eigenvalue weighted by Gasteiger charge is 2.32. The van der Waals surface area contributed by atoms with Crippen LogP contribution >= 0.6 is 0 Å². The van der Waals surface area contributed by atoms with Crippen LogP contribution in [0.5, 0.6) is 0 Å². The molecule has 0 N–H and O–H groups in total. The molecule has 5 rings (SSSR count). The second-order valence-corrected chi connectivity index (χ2v) is 10.8. The number of sulfonamides is 1. The maximum atomic E-state index is 14.2. The number of benzene rings is 3. The summed E-state index contributed by atoms with van der Waals surface area (Å²) in [6, 6.07) is 29.4. The van der Waals surface area contributed by atoms with Crippen molar-refractivity contribution in [1.82, 2.24) is 14.1 Å². The molecule has 1 aliphatic rings. The van der Waals surface area contributed by atoms with Crippen LogP contribution in [0.1, 0.15) is 42.9 Å². The Kier molecular flexibility index (Phi) is 6.61. The first-order chi connectivity index (χ1) is 16.6. The van der Waals surface area contributed by atoms with Crippen LogP contribution in [0.3, 0.4) is 0 Å². The van der Waals surface area contributed by atoms with E-state index in [1.165, 1.54) is 0 Å². The zero-order valence-corrected chi connectivity index (χ0v) is 19.9. The Hall–Kier alpha value is -3.22. The molecule has 34 heavy (non-hydrogen) atoms. The van der Waals surface area contributed by atoms with Crippen molar-refractivity contribution in [3.8, 4) is 11.3 Å². The van der Waals surface area contributed by atoms with Gasteiger partial charge in [-0.3, -0.25) is 4.68 Å². The van der Waals surface area contributed by atoms with Gasteiger partial charge in [0.1, 0.15) is 10.6 Å². The van der Waals surface area contributed by atoms with Crippen molar-refractivity contribution < 1.29 is 8.42 Å². The fourth-order valence-corrected chi connectivity index (χ4v) is 6.22. The SMILES string of the molecule is O=S(=O)(c1cn(C2CCCC2)nc1-c1ccccc1)N(Cc1ccccc1)Cc1ccccc1. The molecule has 4 aromatic rings. The van der Waals surface area contributed by atoms with Crippen molar-refractivity contribution in [3.05, 3.63) is 108 Å². The molecule has 0 amide bonds. The Morgan fingerprint density at radius 1 is 0.765 bits per heavy atom. The molecule has 0 radical (unpaired) electrons. The van der Waals surface area contributed by atoms with E-state index in [9.17, 15) is 8.42 Å². The van der Waals surface area contributed by atoms with Crippen molar-refractivity contribution in [3.63, 3.8) is 0 Å². The number of rotatable bonds is 8. The van der Waals surface area contributed by atoms with E-state index >= 15 is 0 Å². The third-order valence-electron chi connectivity index (χ3n) is 6.47. The van der Waals surface area contributed by atoms with Crippen LogP contribution in [0.4, 0.5) is 0 Å². The monoisotopic (exact) mass is 471 g/mol. The summed E-state index contributed by atoms with van der Waals surface area (Å²) in [7, 11) is -3.83. The molecular formula is C28H29N3O2S. The average Bonchev–Trinajstić information content (AvgIpc) is 3.56. The summed E-state index contributed by atoms with van der Waals surface area (Å²) in [5.41, 5.74) is 3.24. The van der Waals surface area contributed by atoms with Crippen LogP contribution in [0.25, 0.3) is 11.3 Å². The van der Waals surface area contributed by atoms with E-state index < -0.39 is 10.0 Å². The Labute approximate surface area is 201 Å². The Balaban J connectivity index is 1.59. The Morgan fingerprint density at radius 3 is 1.79 bits per heavy atom. The summed E-state index contributed by atoms with van der Waals surface area (Å²) in [5.74, 6) is 0. The van der Waals surface area contributed by atoms with E-state index in [1.807, 2.05) is 95.7 Å². The van der Waals surface area contributed by atoms with E-state index in [4.69, 9.17) is 5.10 Å². The first-order valence-corrected chi connectivity index (χ1v) is 13.3. The zero-order chi connectivity index (χ0) is 23.4.